The molecular weight excluding hydrogens is 429 g/mol. The topological polar surface area (TPSA) is 82.2 Å². The van der Waals surface area contributed by atoms with E-state index in [2.05, 4.69) is 6.07 Å². The van der Waals surface area contributed by atoms with Gasteiger partial charge in [0.1, 0.15) is 0 Å². The molecule has 159 valence electrons. The normalized spacial score (nSPS) is 12.5. The molecule has 0 aliphatic rings. The number of primary amides is 1. The van der Waals surface area contributed by atoms with Crippen LogP contribution in [0.15, 0.2) is 59.5 Å². The Kier molecular flexibility index (Phi) is 4.81. The molecule has 0 fully saturated rings. The first-order valence-electron chi connectivity index (χ1n) is 9.09. The highest BCUT2D eigenvalue weighted by Gasteiger charge is 2.31. The number of carbonyl (C=O) groups is 1. The van der Waals surface area contributed by atoms with Crippen LogP contribution in [0.25, 0.3) is 21.8 Å². The number of sulfone groups is 1. The molecule has 1 amide bonds. The van der Waals surface area contributed by atoms with Crippen molar-refractivity contribution in [2.45, 2.75) is 17.6 Å². The van der Waals surface area contributed by atoms with E-state index in [-0.39, 0.29) is 22.5 Å². The second kappa shape index (κ2) is 7.12. The van der Waals surface area contributed by atoms with Crippen molar-refractivity contribution < 1.29 is 26.4 Å². The van der Waals surface area contributed by atoms with E-state index in [1.54, 1.807) is 28.8 Å². The maximum atomic E-state index is 13.4. The van der Waals surface area contributed by atoms with Crippen molar-refractivity contribution in [2.24, 2.45) is 5.73 Å². The molecule has 0 aliphatic heterocycles. The first kappa shape index (κ1) is 20.9. The number of fused-ring (bicyclic) bond motifs is 3. The van der Waals surface area contributed by atoms with Crippen LogP contribution in [0.2, 0.25) is 0 Å². The monoisotopic (exact) mass is 445 g/mol. The van der Waals surface area contributed by atoms with E-state index in [0.717, 1.165) is 18.4 Å². The van der Waals surface area contributed by atoms with Crippen LogP contribution in [0.5, 0.6) is 0 Å². The first-order valence-corrected chi connectivity index (χ1v) is 11.0. The van der Waals surface area contributed by atoms with E-state index >= 15 is 0 Å². The van der Waals surface area contributed by atoms with E-state index in [1.807, 2.05) is 0 Å². The molecule has 9 heteroatoms. The highest BCUT2D eigenvalue weighted by atomic mass is 32.2. The van der Waals surface area contributed by atoms with Crippen molar-refractivity contribution in [3.8, 4) is 0 Å². The average Bonchev–Trinajstić information content (AvgIpc) is 3.00. The van der Waals surface area contributed by atoms with Crippen molar-refractivity contribution in [3.63, 3.8) is 0 Å². The molecule has 0 saturated heterocycles. The van der Waals surface area contributed by atoms with E-state index in [4.69, 9.17) is 5.73 Å². The first-order chi connectivity index (χ1) is 14.5. The maximum Gasteiger partial charge on any atom is 0.416 e. The zero-order chi connectivity index (χ0) is 22.6. The van der Waals surface area contributed by atoms with Gasteiger partial charge in [-0.2, -0.15) is 13.2 Å². The highest BCUT2D eigenvalue weighted by Crippen LogP contribution is 2.36. The molecule has 1 heterocycles. The zero-order valence-electron chi connectivity index (χ0n) is 16.2. The van der Waals surface area contributed by atoms with E-state index in [1.165, 1.54) is 18.2 Å². The Morgan fingerprint density at radius 3 is 2.45 bits per heavy atom. The van der Waals surface area contributed by atoms with Crippen LogP contribution >= 0.6 is 0 Å². The van der Waals surface area contributed by atoms with Crippen molar-refractivity contribution >= 4 is 37.6 Å². The number of nitrogens with two attached hydrogens (primary N) is 1. The quantitative estimate of drug-likeness (QED) is 0.512. The van der Waals surface area contributed by atoms with Crippen LogP contribution in [0, 0.1) is 6.07 Å². The van der Waals surface area contributed by atoms with Gasteiger partial charge in [-0.1, -0.05) is 18.2 Å². The second-order valence-corrected chi connectivity index (χ2v) is 9.23. The summed E-state index contributed by atoms with van der Waals surface area (Å²) in [5.74, 6) is -0.711. The summed E-state index contributed by atoms with van der Waals surface area (Å²) in [7, 11) is -3.46. The minimum atomic E-state index is -4.57. The largest absolute Gasteiger partial charge is 0.416 e. The van der Waals surface area contributed by atoms with Crippen LogP contribution in [-0.2, 0) is 22.6 Å². The Bertz CT molecular complexity index is 1450. The summed E-state index contributed by atoms with van der Waals surface area (Å²) < 4.78 is 65.5. The summed E-state index contributed by atoms with van der Waals surface area (Å²) in [5.41, 5.74) is 6.06. The third-order valence-electron chi connectivity index (χ3n) is 5.05. The van der Waals surface area contributed by atoms with Crippen LogP contribution in [0.3, 0.4) is 0 Å². The number of amides is 1. The average molecular weight is 445 g/mol. The lowest BCUT2D eigenvalue weighted by molar-refractivity contribution is -0.137. The van der Waals surface area contributed by atoms with E-state index in [9.17, 15) is 26.4 Å². The van der Waals surface area contributed by atoms with Gasteiger partial charge in [-0.25, -0.2) is 8.42 Å². The van der Waals surface area contributed by atoms with Gasteiger partial charge >= 0.3 is 6.18 Å². The van der Waals surface area contributed by atoms with Crippen LogP contribution in [0.4, 0.5) is 13.2 Å². The van der Waals surface area contributed by atoms with Gasteiger partial charge in [-0.05, 0) is 48.0 Å². The molecule has 0 bridgehead atoms. The fourth-order valence-electron chi connectivity index (χ4n) is 3.65. The Labute approximate surface area is 175 Å². The molecule has 31 heavy (non-hydrogen) atoms. The molecule has 1 aromatic heterocycles. The number of alkyl halides is 3. The number of hydrogen-bond donors (Lipinski definition) is 1. The van der Waals surface area contributed by atoms with Gasteiger partial charge < -0.3 is 10.3 Å². The Balaban J connectivity index is 2.02. The van der Waals surface area contributed by atoms with E-state index in [0.29, 0.717) is 21.9 Å². The highest BCUT2D eigenvalue weighted by molar-refractivity contribution is 7.90. The number of benzene rings is 3. The molecule has 0 spiro atoms. The zero-order valence-corrected chi connectivity index (χ0v) is 17.0. The number of hydrogen-bond acceptors (Lipinski definition) is 3. The fourth-order valence-corrected chi connectivity index (χ4v) is 4.34. The van der Waals surface area contributed by atoms with Gasteiger partial charge in [0.05, 0.1) is 21.5 Å². The molecule has 3 aromatic carbocycles. The van der Waals surface area contributed by atoms with Crippen LogP contribution < -0.4 is 5.73 Å². The predicted molar refractivity (Wildman–Crippen MR) is 110 cm³/mol. The minimum absolute atomic E-state index is 0.0841. The van der Waals surface area contributed by atoms with Gasteiger partial charge in [-0.3, -0.25) is 4.79 Å². The Hall–Kier alpha value is -3.33. The molecule has 4 aromatic rings. The summed E-state index contributed by atoms with van der Waals surface area (Å²) in [6.07, 6.45) is -3.50. The van der Waals surface area contributed by atoms with Gasteiger partial charge in [-0.15, -0.1) is 0 Å². The van der Waals surface area contributed by atoms with Crippen molar-refractivity contribution in [3.05, 3.63) is 77.4 Å². The molecule has 2 N–H and O–H groups in total. The lowest BCUT2D eigenvalue weighted by atomic mass is 10.0. The number of carbonyl (C=O) groups excluding carboxylic acids is 1. The number of aromatic nitrogens is 1. The second-order valence-electron chi connectivity index (χ2n) is 7.22. The molecule has 0 atom stereocenters. The van der Waals surface area contributed by atoms with Crippen molar-refractivity contribution in [2.75, 3.05) is 6.26 Å². The maximum absolute atomic E-state index is 13.4. The third kappa shape index (κ3) is 3.76. The molecule has 0 unspecified atom stereocenters. The fraction of sp³-hybridized carbons (Fsp3) is 0.136. The number of nitrogens with zero attached hydrogens (tertiary/aromatic N) is 1. The number of rotatable bonds is 4. The van der Waals surface area contributed by atoms with Gasteiger partial charge in [0, 0.05) is 29.1 Å². The minimum Gasteiger partial charge on any atom is -0.366 e. The number of halogens is 3. The molecule has 4 rings (SSSR count). The molecule has 0 saturated carbocycles. The van der Waals surface area contributed by atoms with Crippen LogP contribution in [0.1, 0.15) is 21.5 Å². The molecule has 1 radical (unpaired) electrons. The predicted octanol–water partition coefficient (Wildman–Crippen LogP) is 4.16. The summed E-state index contributed by atoms with van der Waals surface area (Å²) in [5, 5.41) is 0.731. The van der Waals surface area contributed by atoms with Crippen molar-refractivity contribution in [1.82, 2.24) is 4.57 Å². The smallest absolute Gasteiger partial charge is 0.366 e. The molecular formula is C22H16F3N2O3S. The molecule has 0 aliphatic carbocycles. The van der Waals surface area contributed by atoms with Crippen molar-refractivity contribution in [1.29, 1.82) is 0 Å². The van der Waals surface area contributed by atoms with Gasteiger partial charge in [0.25, 0.3) is 0 Å². The lowest BCUT2D eigenvalue weighted by Crippen LogP contribution is -2.11. The lowest BCUT2D eigenvalue weighted by Gasteiger charge is -2.11. The third-order valence-corrected chi connectivity index (χ3v) is 6.16. The summed E-state index contributed by atoms with van der Waals surface area (Å²) >= 11 is 0. The van der Waals surface area contributed by atoms with Crippen LogP contribution in [-0.4, -0.2) is 25.1 Å². The van der Waals surface area contributed by atoms with E-state index < -0.39 is 27.5 Å². The summed E-state index contributed by atoms with van der Waals surface area (Å²) in [4.78, 5) is 12.1. The summed E-state index contributed by atoms with van der Waals surface area (Å²) in [6.45, 7) is 0.0841. The summed E-state index contributed by atoms with van der Waals surface area (Å²) in [6, 6.07) is 15.4. The standard InChI is InChI=1S/C22H16F3N2O3S/c1-31(29,30)15-5-2-4-13(10-15)12-27-18-7-3-6-17(21(26)28)20(18)16-9-8-14(11-19(16)27)22(23,24)25/h2-8,10-11H,12H2,1H3,(H2,26,28). The Morgan fingerprint density at radius 1 is 1.10 bits per heavy atom. The van der Waals surface area contributed by atoms with Gasteiger partial charge in [0.15, 0.2) is 9.84 Å². The SMILES string of the molecule is CS(=O)(=O)c1cccc(Cn2c3cc(C(F)(F)F)c[c]c3c3c(C(N)=O)cccc32)c1. The Morgan fingerprint density at radius 2 is 1.81 bits per heavy atom. The van der Waals surface area contributed by atoms with Gasteiger partial charge in [0.2, 0.25) is 5.91 Å². The molecule has 5 nitrogen and oxygen atoms in total.